The van der Waals surface area contributed by atoms with E-state index in [1.807, 2.05) is 13.8 Å². The highest BCUT2D eigenvalue weighted by atomic mass is 16.3. The molecule has 2 rings (SSSR count). The van der Waals surface area contributed by atoms with E-state index in [1.165, 1.54) is 6.33 Å². The van der Waals surface area contributed by atoms with Crippen molar-refractivity contribution in [2.75, 3.05) is 5.32 Å². The van der Waals surface area contributed by atoms with E-state index < -0.39 is 11.1 Å². The molecule has 2 heterocycles. The first-order chi connectivity index (χ1) is 7.81. The maximum Gasteiger partial charge on any atom is 0.182 e. The number of anilines is 1. The van der Waals surface area contributed by atoms with Crippen molar-refractivity contribution in [1.29, 1.82) is 0 Å². The summed E-state index contributed by atoms with van der Waals surface area (Å²) in [7, 11) is 0. The molecule has 2 aromatic rings. The van der Waals surface area contributed by atoms with E-state index in [0.29, 0.717) is 11.5 Å². The predicted octanol–water partition coefficient (Wildman–Crippen LogP) is 1.31. The van der Waals surface area contributed by atoms with Crippen molar-refractivity contribution in [3.63, 3.8) is 0 Å². The lowest BCUT2D eigenvalue weighted by Gasteiger charge is -2.38. The number of hydrogen-bond donors (Lipinski definition) is 3. The van der Waals surface area contributed by atoms with Crippen molar-refractivity contribution in [2.24, 2.45) is 0 Å². The monoisotopic (exact) mass is 235 g/mol. The van der Waals surface area contributed by atoms with Crippen molar-refractivity contribution >= 4 is 17.0 Å². The summed E-state index contributed by atoms with van der Waals surface area (Å²) in [5.74, 6) is 0.639. The van der Waals surface area contributed by atoms with Gasteiger partial charge in [-0.15, -0.1) is 0 Å². The Morgan fingerprint density at radius 2 is 1.88 bits per heavy atom. The zero-order valence-corrected chi connectivity index (χ0v) is 10.4. The van der Waals surface area contributed by atoms with Crippen LogP contribution in [0.5, 0.6) is 0 Å². The summed E-state index contributed by atoms with van der Waals surface area (Å²) in [4.78, 5) is 15.3. The summed E-state index contributed by atoms with van der Waals surface area (Å²) < 4.78 is 0. The van der Waals surface area contributed by atoms with Crippen LogP contribution in [-0.2, 0) is 0 Å². The lowest BCUT2D eigenvalue weighted by atomic mass is 9.86. The number of H-pyrrole nitrogens is 1. The molecule has 0 radical (unpaired) electrons. The third kappa shape index (κ3) is 2.08. The Kier molecular flexibility index (Phi) is 2.54. The summed E-state index contributed by atoms with van der Waals surface area (Å²) in [5.41, 5.74) is -0.0668. The van der Waals surface area contributed by atoms with E-state index in [2.05, 4.69) is 25.3 Å². The minimum Gasteiger partial charge on any atom is -0.388 e. The summed E-state index contributed by atoms with van der Waals surface area (Å²) in [6, 6.07) is 0. The number of nitrogens with zero attached hydrogens (tertiary/aromatic N) is 3. The molecule has 0 aromatic carbocycles. The molecule has 0 spiro atoms. The maximum atomic E-state index is 10.1. The molecule has 0 atom stereocenters. The number of rotatable bonds is 3. The second-order valence-corrected chi connectivity index (χ2v) is 5.13. The Hall–Kier alpha value is -1.69. The standard InChI is InChI=1S/C11H17N5O/c1-10(2,11(3,4)17)16-9-7-8(13-5-12-7)14-6-15-9/h5-6,17H,1-4H3,(H2,12,13,14,15,16). The molecule has 0 amide bonds. The summed E-state index contributed by atoms with van der Waals surface area (Å²) in [6.45, 7) is 7.34. The molecule has 0 fully saturated rings. The van der Waals surface area contributed by atoms with Crippen LogP contribution in [-0.4, -0.2) is 36.2 Å². The molecule has 2 aromatic heterocycles. The average molecular weight is 235 g/mol. The molecule has 3 N–H and O–H groups in total. The van der Waals surface area contributed by atoms with Gasteiger partial charge in [-0.3, -0.25) is 0 Å². The minimum absolute atomic E-state index is 0.528. The zero-order chi connectivity index (χ0) is 12.7. The van der Waals surface area contributed by atoms with Gasteiger partial charge in [-0.05, 0) is 27.7 Å². The predicted molar refractivity (Wildman–Crippen MR) is 65.7 cm³/mol. The quantitative estimate of drug-likeness (QED) is 0.746. The van der Waals surface area contributed by atoms with Gasteiger partial charge in [0.15, 0.2) is 11.5 Å². The number of fused-ring (bicyclic) bond motifs is 1. The molecule has 0 saturated heterocycles. The van der Waals surface area contributed by atoms with Gasteiger partial charge in [0.25, 0.3) is 0 Å². The normalized spacial score (nSPS) is 13.0. The average Bonchev–Trinajstić information content (AvgIpc) is 2.64. The molecule has 17 heavy (non-hydrogen) atoms. The van der Waals surface area contributed by atoms with E-state index in [9.17, 15) is 5.11 Å². The van der Waals surface area contributed by atoms with Crippen LogP contribution in [0, 0.1) is 0 Å². The zero-order valence-electron chi connectivity index (χ0n) is 10.4. The van der Waals surface area contributed by atoms with Gasteiger partial charge in [-0.2, -0.15) is 0 Å². The van der Waals surface area contributed by atoms with Gasteiger partial charge in [0.05, 0.1) is 17.5 Å². The highest BCUT2D eigenvalue weighted by Crippen LogP contribution is 2.27. The number of hydrogen-bond acceptors (Lipinski definition) is 5. The summed E-state index contributed by atoms with van der Waals surface area (Å²) in [6.07, 6.45) is 3.02. The van der Waals surface area contributed by atoms with Crippen LogP contribution in [0.3, 0.4) is 0 Å². The van der Waals surface area contributed by atoms with Crippen molar-refractivity contribution in [3.05, 3.63) is 12.7 Å². The van der Waals surface area contributed by atoms with E-state index in [0.717, 1.165) is 5.52 Å². The topological polar surface area (TPSA) is 86.7 Å². The molecule has 92 valence electrons. The molecule has 0 saturated carbocycles. The lowest BCUT2D eigenvalue weighted by molar-refractivity contribution is 0.0239. The fourth-order valence-electron chi connectivity index (χ4n) is 1.31. The second kappa shape index (κ2) is 3.66. The SMILES string of the molecule is CC(C)(O)C(C)(C)Nc1ncnc2nc[nH]c12. The minimum atomic E-state index is -0.885. The van der Waals surface area contributed by atoms with Gasteiger partial charge in [0.1, 0.15) is 11.8 Å². The van der Waals surface area contributed by atoms with Crippen molar-refractivity contribution in [3.8, 4) is 0 Å². The largest absolute Gasteiger partial charge is 0.388 e. The fourth-order valence-corrected chi connectivity index (χ4v) is 1.31. The van der Waals surface area contributed by atoms with E-state index in [1.54, 1.807) is 20.2 Å². The number of nitrogens with one attached hydrogen (secondary N) is 2. The summed E-state index contributed by atoms with van der Waals surface area (Å²) >= 11 is 0. The molecule has 6 heteroatoms. The fraction of sp³-hybridized carbons (Fsp3) is 0.545. The highest BCUT2D eigenvalue weighted by Gasteiger charge is 2.35. The molecule has 6 nitrogen and oxygen atoms in total. The number of aliphatic hydroxyl groups is 1. The first-order valence-corrected chi connectivity index (χ1v) is 5.46. The Morgan fingerprint density at radius 1 is 1.18 bits per heavy atom. The van der Waals surface area contributed by atoms with Gasteiger partial charge in [-0.1, -0.05) is 0 Å². The Labute approximate surface area is 99.5 Å². The van der Waals surface area contributed by atoms with Crippen LogP contribution < -0.4 is 5.32 Å². The molecule has 0 unspecified atom stereocenters. The summed E-state index contributed by atoms with van der Waals surface area (Å²) in [5, 5.41) is 13.3. The molecule has 0 aliphatic heterocycles. The van der Waals surface area contributed by atoms with Crippen molar-refractivity contribution < 1.29 is 5.11 Å². The van der Waals surface area contributed by atoms with E-state index in [-0.39, 0.29) is 0 Å². The number of imidazole rings is 1. The van der Waals surface area contributed by atoms with Gasteiger partial charge in [-0.25, -0.2) is 15.0 Å². The Morgan fingerprint density at radius 3 is 2.53 bits per heavy atom. The van der Waals surface area contributed by atoms with Crippen molar-refractivity contribution in [2.45, 2.75) is 38.8 Å². The number of aromatic nitrogens is 4. The highest BCUT2D eigenvalue weighted by molar-refractivity contribution is 5.82. The van der Waals surface area contributed by atoms with Gasteiger partial charge in [0.2, 0.25) is 0 Å². The van der Waals surface area contributed by atoms with Gasteiger partial charge in [0, 0.05) is 0 Å². The van der Waals surface area contributed by atoms with Crippen LogP contribution in [0.2, 0.25) is 0 Å². The van der Waals surface area contributed by atoms with Crippen LogP contribution in [0.4, 0.5) is 5.82 Å². The van der Waals surface area contributed by atoms with Crippen LogP contribution in [0.25, 0.3) is 11.2 Å². The Bertz CT molecular complexity index is 526. The Balaban J connectivity index is 2.39. The molecular weight excluding hydrogens is 218 g/mol. The van der Waals surface area contributed by atoms with E-state index in [4.69, 9.17) is 0 Å². The van der Waals surface area contributed by atoms with Crippen LogP contribution >= 0.6 is 0 Å². The first-order valence-electron chi connectivity index (χ1n) is 5.46. The molecular formula is C11H17N5O. The third-order valence-electron chi connectivity index (χ3n) is 3.18. The molecule has 0 bridgehead atoms. The smallest absolute Gasteiger partial charge is 0.182 e. The molecule has 0 aliphatic rings. The second-order valence-electron chi connectivity index (χ2n) is 5.13. The lowest BCUT2D eigenvalue weighted by Crippen LogP contribution is -2.51. The third-order valence-corrected chi connectivity index (χ3v) is 3.18. The molecule has 0 aliphatic carbocycles. The van der Waals surface area contributed by atoms with Crippen LogP contribution in [0.15, 0.2) is 12.7 Å². The van der Waals surface area contributed by atoms with Gasteiger partial charge < -0.3 is 15.4 Å². The van der Waals surface area contributed by atoms with Gasteiger partial charge >= 0.3 is 0 Å². The first kappa shape index (κ1) is 11.8. The number of aromatic amines is 1. The van der Waals surface area contributed by atoms with Crippen LogP contribution in [0.1, 0.15) is 27.7 Å². The van der Waals surface area contributed by atoms with Crippen molar-refractivity contribution in [1.82, 2.24) is 19.9 Å². The maximum absolute atomic E-state index is 10.1. The van der Waals surface area contributed by atoms with E-state index >= 15 is 0 Å².